The Labute approximate surface area is 264 Å². The van der Waals surface area contributed by atoms with Gasteiger partial charge in [-0.1, -0.05) is 44.2 Å². The Balaban J connectivity index is 1.20. The molecule has 1 aliphatic heterocycles. The SMILES string of the molecule is Cc1cc2[nH]c(C(C)C)nc2cc1-c1ccc(C[C@@H](CC(=O)C2CCC(CN)CC2)C(=O)Nc2ccc3c(c2)NC(=O)C3)cc1. The van der Waals surface area contributed by atoms with Gasteiger partial charge in [-0.25, -0.2) is 4.98 Å². The first-order chi connectivity index (χ1) is 21.7. The van der Waals surface area contributed by atoms with Crippen LogP contribution >= 0.6 is 0 Å². The van der Waals surface area contributed by atoms with E-state index in [0.717, 1.165) is 76.0 Å². The van der Waals surface area contributed by atoms with Crippen LogP contribution in [0.5, 0.6) is 0 Å². The fraction of sp³-hybridized carbons (Fsp3) is 0.405. The number of benzene rings is 3. The Morgan fingerprint density at radius 2 is 1.78 bits per heavy atom. The van der Waals surface area contributed by atoms with Gasteiger partial charge in [0.2, 0.25) is 11.8 Å². The largest absolute Gasteiger partial charge is 0.342 e. The minimum Gasteiger partial charge on any atom is -0.342 e. The number of anilines is 2. The quantitative estimate of drug-likeness (QED) is 0.160. The van der Waals surface area contributed by atoms with Gasteiger partial charge < -0.3 is 21.4 Å². The van der Waals surface area contributed by atoms with E-state index < -0.39 is 5.92 Å². The topological polar surface area (TPSA) is 130 Å². The number of amides is 2. The lowest BCUT2D eigenvalue weighted by Crippen LogP contribution is -2.31. The van der Waals surface area contributed by atoms with Crippen molar-refractivity contribution >= 4 is 40.0 Å². The number of nitrogens with one attached hydrogen (secondary N) is 3. The standard InChI is InChI=1S/C37H43N5O3/c1-21(2)36-41-32-14-22(3)30(19-33(32)42-36)25-8-4-23(5-9-25)15-28(16-34(43)26-10-6-24(20-38)7-11-26)37(45)39-29-13-12-27-17-35(44)40-31(27)18-29/h4-5,8-9,12-14,18-19,21,24,26,28H,6-7,10-11,15-17,20,38H2,1-3H3,(H,39,45)(H,40,44)(H,41,42)/t24?,26?,28-/m0/s1. The lowest BCUT2D eigenvalue weighted by molar-refractivity contribution is -0.129. The summed E-state index contributed by atoms with van der Waals surface area (Å²) in [6.07, 6.45) is 4.60. The summed E-state index contributed by atoms with van der Waals surface area (Å²) in [6.45, 7) is 7.03. The molecule has 6 rings (SSSR count). The number of carbonyl (C=O) groups is 3. The zero-order valence-corrected chi connectivity index (χ0v) is 26.4. The van der Waals surface area contributed by atoms with Gasteiger partial charge in [-0.05, 0) is 104 Å². The van der Waals surface area contributed by atoms with Crippen LogP contribution in [0.15, 0.2) is 54.6 Å². The number of nitrogens with zero attached hydrogens (tertiary/aromatic N) is 1. The summed E-state index contributed by atoms with van der Waals surface area (Å²) in [4.78, 5) is 47.3. The van der Waals surface area contributed by atoms with Crippen molar-refractivity contribution in [3.8, 4) is 11.1 Å². The fourth-order valence-corrected chi connectivity index (χ4v) is 6.80. The van der Waals surface area contributed by atoms with E-state index in [9.17, 15) is 14.4 Å². The van der Waals surface area contributed by atoms with Crippen molar-refractivity contribution in [2.45, 2.75) is 71.6 Å². The molecule has 4 aromatic rings. The van der Waals surface area contributed by atoms with E-state index in [1.54, 1.807) is 6.07 Å². The molecule has 1 atom stereocenters. The molecule has 3 aromatic carbocycles. The Kier molecular flexibility index (Phi) is 8.85. The molecule has 0 unspecified atom stereocenters. The molecule has 1 fully saturated rings. The molecule has 8 nitrogen and oxygen atoms in total. The van der Waals surface area contributed by atoms with Crippen LogP contribution in [0.4, 0.5) is 11.4 Å². The normalized spacial score (nSPS) is 18.6. The van der Waals surface area contributed by atoms with Gasteiger partial charge in [0.1, 0.15) is 11.6 Å². The van der Waals surface area contributed by atoms with Crippen LogP contribution in [0.1, 0.15) is 74.4 Å². The predicted molar refractivity (Wildman–Crippen MR) is 179 cm³/mol. The van der Waals surface area contributed by atoms with Crippen molar-refractivity contribution in [2.75, 3.05) is 17.2 Å². The highest BCUT2D eigenvalue weighted by Gasteiger charge is 2.30. The van der Waals surface area contributed by atoms with Crippen molar-refractivity contribution < 1.29 is 14.4 Å². The maximum absolute atomic E-state index is 13.7. The summed E-state index contributed by atoms with van der Waals surface area (Å²) < 4.78 is 0. The van der Waals surface area contributed by atoms with E-state index in [1.165, 1.54) is 0 Å². The molecule has 2 aliphatic rings. The van der Waals surface area contributed by atoms with Crippen LogP contribution in [-0.4, -0.2) is 34.1 Å². The Bertz CT molecular complexity index is 1730. The minimum absolute atomic E-state index is 0.0168. The molecule has 0 saturated heterocycles. The van der Waals surface area contributed by atoms with Crippen molar-refractivity contribution in [1.82, 2.24) is 9.97 Å². The molecular formula is C37H43N5O3. The van der Waals surface area contributed by atoms with Gasteiger partial charge in [0.25, 0.3) is 0 Å². The number of aromatic amines is 1. The molecule has 1 aliphatic carbocycles. The number of aryl methyl sites for hydroxylation is 1. The third-order valence-corrected chi connectivity index (χ3v) is 9.60. The van der Waals surface area contributed by atoms with Crippen molar-refractivity contribution in [3.05, 3.63) is 77.1 Å². The number of rotatable bonds is 10. The summed E-state index contributed by atoms with van der Waals surface area (Å²) in [5.41, 5.74) is 14.5. The molecule has 45 heavy (non-hydrogen) atoms. The van der Waals surface area contributed by atoms with Crippen LogP contribution < -0.4 is 16.4 Å². The number of carbonyl (C=O) groups excluding carboxylic acids is 3. The molecule has 1 saturated carbocycles. The number of nitrogens with two attached hydrogens (primary N) is 1. The van der Waals surface area contributed by atoms with Crippen molar-refractivity contribution in [3.63, 3.8) is 0 Å². The summed E-state index contributed by atoms with van der Waals surface area (Å²) in [5, 5.41) is 5.88. The van der Waals surface area contributed by atoms with Gasteiger partial charge in [0.15, 0.2) is 0 Å². The van der Waals surface area contributed by atoms with Gasteiger partial charge in [-0.2, -0.15) is 0 Å². The number of fused-ring (bicyclic) bond motifs is 2. The Morgan fingerprint density at radius 1 is 1.02 bits per heavy atom. The third-order valence-electron chi connectivity index (χ3n) is 9.60. The van der Waals surface area contributed by atoms with Gasteiger partial charge in [-0.3, -0.25) is 14.4 Å². The molecule has 0 bridgehead atoms. The van der Waals surface area contributed by atoms with E-state index in [-0.39, 0.29) is 29.9 Å². The first-order valence-corrected chi connectivity index (χ1v) is 16.2. The first kappa shape index (κ1) is 30.7. The van der Waals surface area contributed by atoms with Crippen LogP contribution in [-0.2, 0) is 27.2 Å². The second kappa shape index (κ2) is 13.0. The highest BCUT2D eigenvalue weighted by Crippen LogP contribution is 2.33. The third kappa shape index (κ3) is 6.86. The van der Waals surface area contributed by atoms with Crippen molar-refractivity contribution in [2.24, 2.45) is 23.5 Å². The summed E-state index contributed by atoms with van der Waals surface area (Å²) in [7, 11) is 0. The average molecular weight is 606 g/mol. The molecular weight excluding hydrogens is 562 g/mol. The number of H-pyrrole nitrogens is 1. The van der Waals surface area contributed by atoms with Crippen LogP contribution in [0.2, 0.25) is 0 Å². The number of Topliss-reactive ketones (excluding diaryl/α,β-unsaturated/α-hetero) is 1. The van der Waals surface area contributed by atoms with Gasteiger partial charge in [0.05, 0.1) is 17.5 Å². The van der Waals surface area contributed by atoms with E-state index in [0.29, 0.717) is 36.9 Å². The zero-order chi connectivity index (χ0) is 31.7. The highest BCUT2D eigenvalue weighted by atomic mass is 16.2. The average Bonchev–Trinajstić information content (AvgIpc) is 3.62. The molecule has 2 amide bonds. The van der Waals surface area contributed by atoms with E-state index in [1.807, 2.05) is 12.1 Å². The first-order valence-electron chi connectivity index (χ1n) is 16.2. The van der Waals surface area contributed by atoms with E-state index >= 15 is 0 Å². The number of imidazole rings is 1. The maximum Gasteiger partial charge on any atom is 0.228 e. The molecule has 0 radical (unpaired) electrons. The summed E-state index contributed by atoms with van der Waals surface area (Å²) in [6, 6.07) is 18.1. The van der Waals surface area contributed by atoms with E-state index in [2.05, 4.69) is 72.8 Å². The Hall–Kier alpha value is -4.30. The lowest BCUT2D eigenvalue weighted by Gasteiger charge is -2.27. The number of aromatic nitrogens is 2. The minimum atomic E-state index is -0.518. The second-order valence-electron chi connectivity index (χ2n) is 13.3. The van der Waals surface area contributed by atoms with Gasteiger partial charge in [0, 0.05) is 35.5 Å². The summed E-state index contributed by atoms with van der Waals surface area (Å²) >= 11 is 0. The number of hydrogen-bond acceptors (Lipinski definition) is 5. The maximum atomic E-state index is 13.7. The van der Waals surface area contributed by atoms with Crippen LogP contribution in [0.3, 0.4) is 0 Å². The molecule has 5 N–H and O–H groups in total. The van der Waals surface area contributed by atoms with Crippen LogP contribution in [0.25, 0.3) is 22.2 Å². The number of ketones is 1. The molecule has 234 valence electrons. The Morgan fingerprint density at radius 3 is 2.49 bits per heavy atom. The molecule has 1 aromatic heterocycles. The monoisotopic (exact) mass is 605 g/mol. The predicted octanol–water partition coefficient (Wildman–Crippen LogP) is 6.68. The molecule has 8 heteroatoms. The van der Waals surface area contributed by atoms with Gasteiger partial charge in [-0.15, -0.1) is 0 Å². The fourth-order valence-electron chi connectivity index (χ4n) is 6.80. The zero-order valence-electron chi connectivity index (χ0n) is 26.4. The summed E-state index contributed by atoms with van der Waals surface area (Å²) in [5.74, 6) is 1.17. The second-order valence-corrected chi connectivity index (χ2v) is 13.3. The van der Waals surface area contributed by atoms with Crippen molar-refractivity contribution in [1.29, 1.82) is 0 Å². The van der Waals surface area contributed by atoms with E-state index in [4.69, 9.17) is 10.7 Å². The molecule has 0 spiro atoms. The lowest BCUT2D eigenvalue weighted by atomic mass is 9.77. The highest BCUT2D eigenvalue weighted by molar-refractivity contribution is 6.01. The van der Waals surface area contributed by atoms with Gasteiger partial charge >= 0.3 is 0 Å². The smallest absolute Gasteiger partial charge is 0.228 e. The van der Waals surface area contributed by atoms with Crippen LogP contribution in [0, 0.1) is 24.7 Å². The number of hydrogen-bond donors (Lipinski definition) is 4. The molecule has 2 heterocycles.